The Balaban J connectivity index is 1.96. The fourth-order valence-corrected chi connectivity index (χ4v) is 2.77. The van der Waals surface area contributed by atoms with Gasteiger partial charge in [0.2, 0.25) is 5.95 Å². The first-order chi connectivity index (χ1) is 9.97. The molecule has 1 aliphatic carbocycles. The Labute approximate surface area is 125 Å². The minimum atomic E-state index is -1.02. The van der Waals surface area contributed by atoms with E-state index in [9.17, 15) is 4.79 Å². The van der Waals surface area contributed by atoms with E-state index in [1.165, 1.54) is 31.7 Å². The summed E-state index contributed by atoms with van der Waals surface area (Å²) in [6.07, 6.45) is 5.22. The fraction of sp³-hybridized carbons (Fsp3) is 0.667. The Hall–Kier alpha value is -1.69. The number of carboxylic acid groups (broad SMARTS) is 1. The second-order valence-electron chi connectivity index (χ2n) is 5.84. The van der Waals surface area contributed by atoms with Gasteiger partial charge in [0.15, 0.2) is 5.69 Å². The van der Waals surface area contributed by atoms with Crippen LogP contribution >= 0.6 is 0 Å². The zero-order valence-corrected chi connectivity index (χ0v) is 13.0. The second-order valence-corrected chi connectivity index (χ2v) is 5.84. The Bertz CT molecular complexity index is 500. The van der Waals surface area contributed by atoms with Gasteiger partial charge in [-0.3, -0.25) is 0 Å². The van der Waals surface area contributed by atoms with Crippen molar-refractivity contribution in [2.24, 2.45) is 0 Å². The summed E-state index contributed by atoms with van der Waals surface area (Å²) in [5.41, 5.74) is 0.724. The van der Waals surface area contributed by atoms with Gasteiger partial charge < -0.3 is 14.9 Å². The lowest BCUT2D eigenvalue weighted by atomic mass is 10.2. The topological polar surface area (TPSA) is 69.6 Å². The lowest BCUT2D eigenvalue weighted by molar-refractivity contribution is 0.0690. The number of hydrogen-bond acceptors (Lipinski definition) is 5. The van der Waals surface area contributed by atoms with Crippen molar-refractivity contribution in [1.82, 2.24) is 14.9 Å². The van der Waals surface area contributed by atoms with Gasteiger partial charge in [-0.1, -0.05) is 12.8 Å². The molecule has 1 saturated carbocycles. The number of rotatable bonds is 6. The van der Waals surface area contributed by atoms with Crippen LogP contribution in [0.4, 0.5) is 5.95 Å². The molecule has 21 heavy (non-hydrogen) atoms. The number of nitrogens with zero attached hydrogens (tertiary/aromatic N) is 4. The third-order valence-electron chi connectivity index (χ3n) is 4.14. The molecule has 2 rings (SSSR count). The maximum absolute atomic E-state index is 11.1. The van der Waals surface area contributed by atoms with Gasteiger partial charge in [0.25, 0.3) is 0 Å². The third-order valence-corrected chi connectivity index (χ3v) is 4.14. The Morgan fingerprint density at radius 2 is 1.95 bits per heavy atom. The molecule has 1 fully saturated rings. The van der Waals surface area contributed by atoms with Gasteiger partial charge in [-0.25, -0.2) is 14.8 Å². The van der Waals surface area contributed by atoms with Crippen LogP contribution in [0.5, 0.6) is 0 Å². The van der Waals surface area contributed by atoms with E-state index in [1.807, 2.05) is 11.9 Å². The Kier molecular flexibility index (Phi) is 5.12. The summed E-state index contributed by atoms with van der Waals surface area (Å²) in [6, 6.07) is 2.18. The first-order valence-corrected chi connectivity index (χ1v) is 7.47. The van der Waals surface area contributed by atoms with Crippen molar-refractivity contribution in [3.63, 3.8) is 0 Å². The van der Waals surface area contributed by atoms with E-state index in [0.717, 1.165) is 13.1 Å². The first kappa shape index (κ1) is 15.7. The van der Waals surface area contributed by atoms with Crippen molar-refractivity contribution in [2.75, 3.05) is 32.1 Å². The summed E-state index contributed by atoms with van der Waals surface area (Å²) in [7, 11) is 4.06. The zero-order chi connectivity index (χ0) is 15.4. The van der Waals surface area contributed by atoms with E-state index in [-0.39, 0.29) is 5.69 Å². The molecule has 0 aromatic carbocycles. The molecule has 1 N–H and O–H groups in total. The van der Waals surface area contributed by atoms with Crippen molar-refractivity contribution in [1.29, 1.82) is 0 Å². The molecule has 0 amide bonds. The van der Waals surface area contributed by atoms with Gasteiger partial charge in [-0.05, 0) is 32.9 Å². The lowest BCUT2D eigenvalue weighted by Crippen LogP contribution is -2.36. The van der Waals surface area contributed by atoms with Crippen LogP contribution in [0.25, 0.3) is 0 Å². The van der Waals surface area contributed by atoms with Gasteiger partial charge in [0.05, 0.1) is 0 Å². The van der Waals surface area contributed by atoms with Crippen LogP contribution in [0, 0.1) is 6.92 Å². The standard InChI is InChI=1S/C15H24N4O2/c1-11-10-13(14(20)21)17-15(16-11)19(3)9-8-18(2)12-6-4-5-7-12/h10,12H,4-9H2,1-3H3,(H,20,21). The molecular weight excluding hydrogens is 268 g/mol. The average Bonchev–Trinajstić information content (AvgIpc) is 2.97. The second kappa shape index (κ2) is 6.85. The molecule has 6 nitrogen and oxygen atoms in total. The molecular formula is C15H24N4O2. The van der Waals surface area contributed by atoms with Gasteiger partial charge in [0, 0.05) is 31.9 Å². The number of anilines is 1. The summed E-state index contributed by atoms with van der Waals surface area (Å²) in [6.45, 7) is 3.51. The molecule has 1 heterocycles. The molecule has 0 bridgehead atoms. The molecule has 6 heteroatoms. The largest absolute Gasteiger partial charge is 0.477 e. The summed E-state index contributed by atoms with van der Waals surface area (Å²) in [4.78, 5) is 23.8. The fourth-order valence-electron chi connectivity index (χ4n) is 2.77. The van der Waals surface area contributed by atoms with Crippen LogP contribution in [0.1, 0.15) is 41.9 Å². The van der Waals surface area contributed by atoms with Crippen LogP contribution in [0.3, 0.4) is 0 Å². The molecule has 0 saturated heterocycles. The maximum atomic E-state index is 11.1. The minimum Gasteiger partial charge on any atom is -0.477 e. The molecule has 0 radical (unpaired) electrons. The van der Waals surface area contributed by atoms with E-state index < -0.39 is 5.97 Å². The highest BCUT2D eigenvalue weighted by Crippen LogP contribution is 2.22. The van der Waals surface area contributed by atoms with Crippen molar-refractivity contribution in [2.45, 2.75) is 38.6 Å². The van der Waals surface area contributed by atoms with Crippen LogP contribution in [0.2, 0.25) is 0 Å². The molecule has 0 spiro atoms. The number of carboxylic acids is 1. The third kappa shape index (κ3) is 4.14. The summed E-state index contributed by atoms with van der Waals surface area (Å²) >= 11 is 0. The summed E-state index contributed by atoms with van der Waals surface area (Å²) in [5, 5.41) is 9.06. The van der Waals surface area contributed by atoms with Crippen LogP contribution in [-0.2, 0) is 0 Å². The number of carbonyl (C=O) groups is 1. The van der Waals surface area contributed by atoms with Crippen LogP contribution in [0.15, 0.2) is 6.07 Å². The van der Waals surface area contributed by atoms with E-state index in [0.29, 0.717) is 17.7 Å². The molecule has 1 aromatic heterocycles. The first-order valence-electron chi connectivity index (χ1n) is 7.47. The summed E-state index contributed by atoms with van der Waals surface area (Å²) < 4.78 is 0. The van der Waals surface area contributed by atoms with E-state index >= 15 is 0 Å². The molecule has 1 aromatic rings. The number of likely N-dealkylation sites (N-methyl/N-ethyl adjacent to an activating group) is 2. The highest BCUT2D eigenvalue weighted by molar-refractivity contribution is 5.85. The normalized spacial score (nSPS) is 15.6. The highest BCUT2D eigenvalue weighted by Gasteiger charge is 2.20. The number of aromatic nitrogens is 2. The van der Waals surface area contributed by atoms with Gasteiger partial charge >= 0.3 is 5.97 Å². The predicted molar refractivity (Wildman–Crippen MR) is 81.9 cm³/mol. The Morgan fingerprint density at radius 3 is 2.57 bits per heavy atom. The smallest absolute Gasteiger partial charge is 0.354 e. The minimum absolute atomic E-state index is 0.0495. The Morgan fingerprint density at radius 1 is 1.29 bits per heavy atom. The monoisotopic (exact) mass is 292 g/mol. The number of aryl methyl sites for hydroxylation is 1. The maximum Gasteiger partial charge on any atom is 0.354 e. The lowest BCUT2D eigenvalue weighted by Gasteiger charge is -2.26. The van der Waals surface area contributed by atoms with Gasteiger partial charge in [-0.15, -0.1) is 0 Å². The van der Waals surface area contributed by atoms with E-state index in [2.05, 4.69) is 21.9 Å². The number of hydrogen-bond donors (Lipinski definition) is 1. The zero-order valence-electron chi connectivity index (χ0n) is 13.0. The van der Waals surface area contributed by atoms with Crippen molar-refractivity contribution < 1.29 is 9.90 Å². The predicted octanol–water partition coefficient (Wildman–Crippen LogP) is 1.79. The average molecular weight is 292 g/mol. The van der Waals surface area contributed by atoms with Crippen LogP contribution in [-0.4, -0.2) is 59.2 Å². The van der Waals surface area contributed by atoms with Gasteiger partial charge in [-0.2, -0.15) is 0 Å². The molecule has 1 aliphatic rings. The SMILES string of the molecule is Cc1cc(C(=O)O)nc(N(C)CCN(C)C2CCCC2)n1. The number of aromatic carboxylic acids is 1. The van der Waals surface area contributed by atoms with Gasteiger partial charge in [0.1, 0.15) is 0 Å². The highest BCUT2D eigenvalue weighted by atomic mass is 16.4. The molecule has 0 unspecified atom stereocenters. The molecule has 116 valence electrons. The van der Waals surface area contributed by atoms with Crippen LogP contribution < -0.4 is 4.90 Å². The molecule has 0 atom stereocenters. The van der Waals surface area contributed by atoms with Crippen molar-refractivity contribution in [3.05, 3.63) is 17.5 Å². The quantitative estimate of drug-likeness (QED) is 0.862. The van der Waals surface area contributed by atoms with E-state index in [1.54, 1.807) is 6.92 Å². The summed E-state index contributed by atoms with van der Waals surface area (Å²) in [5.74, 6) is -0.537. The molecule has 0 aliphatic heterocycles. The van der Waals surface area contributed by atoms with Crippen molar-refractivity contribution in [3.8, 4) is 0 Å². The van der Waals surface area contributed by atoms with E-state index in [4.69, 9.17) is 5.11 Å². The van der Waals surface area contributed by atoms with Crippen molar-refractivity contribution >= 4 is 11.9 Å².